The Hall–Kier alpha value is -1.85. The van der Waals surface area contributed by atoms with Crippen LogP contribution in [0.1, 0.15) is 22.4 Å². The zero-order valence-electron chi connectivity index (χ0n) is 13.1. The van der Waals surface area contributed by atoms with Gasteiger partial charge in [0.05, 0.1) is 19.9 Å². The first kappa shape index (κ1) is 15.5. The summed E-state index contributed by atoms with van der Waals surface area (Å²) in [5, 5.41) is 7.03. The Balaban J connectivity index is 2.05. The van der Waals surface area contributed by atoms with Gasteiger partial charge in [-0.25, -0.2) is 0 Å². The second-order valence-electron chi connectivity index (χ2n) is 5.27. The molecule has 0 atom stereocenters. The van der Waals surface area contributed by atoms with Gasteiger partial charge in [-0.15, -0.1) is 0 Å². The van der Waals surface area contributed by atoms with Crippen molar-refractivity contribution in [2.24, 2.45) is 0 Å². The van der Waals surface area contributed by atoms with Crippen molar-refractivity contribution >= 4 is 0 Å². The van der Waals surface area contributed by atoms with E-state index in [9.17, 15) is 0 Å². The van der Waals surface area contributed by atoms with Crippen molar-refractivity contribution < 1.29 is 9.47 Å². The summed E-state index contributed by atoms with van der Waals surface area (Å²) in [4.78, 5) is 2.26. The molecule has 0 saturated carbocycles. The van der Waals surface area contributed by atoms with Crippen molar-refractivity contribution in [2.75, 3.05) is 21.3 Å². The average molecular weight is 289 g/mol. The van der Waals surface area contributed by atoms with Crippen molar-refractivity contribution in [2.45, 2.75) is 26.6 Å². The van der Waals surface area contributed by atoms with Crippen LogP contribution in [0.2, 0.25) is 0 Å². The fourth-order valence-electron chi connectivity index (χ4n) is 2.39. The van der Waals surface area contributed by atoms with Crippen LogP contribution in [0.5, 0.6) is 5.75 Å². The van der Waals surface area contributed by atoms with Crippen LogP contribution in [-0.2, 0) is 24.4 Å². The first-order chi connectivity index (χ1) is 10.1. The van der Waals surface area contributed by atoms with Gasteiger partial charge >= 0.3 is 0 Å². The first-order valence-electron chi connectivity index (χ1n) is 6.96. The highest BCUT2D eigenvalue weighted by Gasteiger charge is 2.08. The third-order valence-electron chi connectivity index (χ3n) is 3.47. The zero-order valence-corrected chi connectivity index (χ0v) is 13.1. The predicted octanol–water partition coefficient (Wildman–Crippen LogP) is 2.51. The van der Waals surface area contributed by atoms with E-state index in [0.29, 0.717) is 6.61 Å². The van der Waals surface area contributed by atoms with E-state index >= 15 is 0 Å². The molecule has 0 aliphatic rings. The monoisotopic (exact) mass is 289 g/mol. The molecule has 1 aromatic carbocycles. The summed E-state index contributed by atoms with van der Waals surface area (Å²) < 4.78 is 10.6. The van der Waals surface area contributed by atoms with Crippen LogP contribution in [0.25, 0.3) is 0 Å². The minimum absolute atomic E-state index is 0.557. The van der Waals surface area contributed by atoms with Crippen molar-refractivity contribution in [3.05, 3.63) is 46.8 Å². The molecule has 5 nitrogen and oxygen atoms in total. The molecule has 5 heteroatoms. The van der Waals surface area contributed by atoms with Gasteiger partial charge in [0.15, 0.2) is 0 Å². The van der Waals surface area contributed by atoms with Gasteiger partial charge < -0.3 is 9.47 Å². The lowest BCUT2D eigenvalue weighted by Crippen LogP contribution is -2.17. The molecule has 2 aromatic rings. The molecule has 0 unspecified atom stereocenters. The molecule has 0 fully saturated rings. The summed E-state index contributed by atoms with van der Waals surface area (Å²) in [5.74, 6) is 0.869. The highest BCUT2D eigenvalue weighted by atomic mass is 16.5. The molecule has 21 heavy (non-hydrogen) atoms. The van der Waals surface area contributed by atoms with Crippen molar-refractivity contribution in [3.63, 3.8) is 0 Å². The number of hydrogen-bond acceptors (Lipinski definition) is 4. The van der Waals surface area contributed by atoms with E-state index in [2.05, 4.69) is 34.3 Å². The molecule has 0 radical (unpaired) electrons. The van der Waals surface area contributed by atoms with E-state index in [1.54, 1.807) is 14.2 Å². The van der Waals surface area contributed by atoms with Gasteiger partial charge in [0.1, 0.15) is 5.75 Å². The summed E-state index contributed by atoms with van der Waals surface area (Å²) in [5.41, 5.74) is 4.66. The van der Waals surface area contributed by atoms with Gasteiger partial charge in [0.2, 0.25) is 0 Å². The van der Waals surface area contributed by atoms with Crippen LogP contribution < -0.4 is 4.74 Å². The van der Waals surface area contributed by atoms with Crippen molar-refractivity contribution in [3.8, 4) is 5.75 Å². The Kier molecular flexibility index (Phi) is 5.36. The number of aryl methyl sites for hydroxylation is 1. The van der Waals surface area contributed by atoms with E-state index < -0.39 is 0 Å². The van der Waals surface area contributed by atoms with Crippen LogP contribution in [0.15, 0.2) is 24.4 Å². The second kappa shape index (κ2) is 7.24. The van der Waals surface area contributed by atoms with Crippen molar-refractivity contribution in [1.29, 1.82) is 0 Å². The molecule has 0 spiro atoms. The molecule has 2 rings (SSSR count). The Labute approximate surface area is 125 Å². The number of aromatic nitrogens is 2. The number of nitrogens with zero attached hydrogens (tertiary/aromatic N) is 2. The minimum atomic E-state index is 0.557. The minimum Gasteiger partial charge on any atom is -0.496 e. The predicted molar refractivity (Wildman–Crippen MR) is 82.2 cm³/mol. The average Bonchev–Trinajstić information content (AvgIpc) is 2.85. The van der Waals surface area contributed by atoms with E-state index in [0.717, 1.165) is 30.1 Å². The Morgan fingerprint density at radius 2 is 2.00 bits per heavy atom. The van der Waals surface area contributed by atoms with E-state index in [4.69, 9.17) is 9.47 Å². The van der Waals surface area contributed by atoms with E-state index in [-0.39, 0.29) is 0 Å². The maximum absolute atomic E-state index is 5.35. The van der Waals surface area contributed by atoms with Gasteiger partial charge in [-0.1, -0.05) is 6.07 Å². The standard InChI is InChI=1S/C16H23N3O2/c1-12-15(8-17-18-12)10-19(2)9-13-5-6-16(21-4)14(7-13)11-20-3/h5-8H,9-11H2,1-4H3,(H,17,18). The molecule has 0 amide bonds. The lowest BCUT2D eigenvalue weighted by Gasteiger charge is -2.17. The largest absolute Gasteiger partial charge is 0.496 e. The quantitative estimate of drug-likeness (QED) is 0.851. The fraction of sp³-hybridized carbons (Fsp3) is 0.438. The highest BCUT2D eigenvalue weighted by molar-refractivity contribution is 5.37. The Morgan fingerprint density at radius 1 is 1.19 bits per heavy atom. The van der Waals surface area contributed by atoms with Crippen LogP contribution in [0, 0.1) is 6.92 Å². The number of nitrogens with one attached hydrogen (secondary N) is 1. The molecule has 114 valence electrons. The van der Waals surface area contributed by atoms with E-state index in [1.165, 1.54) is 11.1 Å². The van der Waals surface area contributed by atoms with Crippen LogP contribution in [0.3, 0.4) is 0 Å². The van der Waals surface area contributed by atoms with Crippen LogP contribution >= 0.6 is 0 Å². The summed E-state index contributed by atoms with van der Waals surface area (Å²) in [7, 11) is 5.48. The number of hydrogen-bond donors (Lipinski definition) is 1. The number of ether oxygens (including phenoxy) is 2. The lowest BCUT2D eigenvalue weighted by molar-refractivity contribution is 0.181. The molecule has 1 heterocycles. The Bertz CT molecular complexity index is 581. The van der Waals surface area contributed by atoms with Gasteiger partial charge in [0, 0.05) is 37.0 Å². The lowest BCUT2D eigenvalue weighted by atomic mass is 10.1. The molecule has 0 saturated heterocycles. The summed E-state index contributed by atoms with van der Waals surface area (Å²) in [6, 6.07) is 6.23. The van der Waals surface area contributed by atoms with Crippen molar-refractivity contribution in [1.82, 2.24) is 15.1 Å². The third kappa shape index (κ3) is 4.06. The third-order valence-corrected chi connectivity index (χ3v) is 3.47. The topological polar surface area (TPSA) is 50.4 Å². The molecule has 0 bridgehead atoms. The van der Waals surface area contributed by atoms with E-state index in [1.807, 2.05) is 19.2 Å². The van der Waals surface area contributed by atoms with Gasteiger partial charge in [-0.05, 0) is 31.7 Å². The number of H-pyrrole nitrogens is 1. The zero-order chi connectivity index (χ0) is 15.2. The van der Waals surface area contributed by atoms with Crippen LogP contribution in [-0.4, -0.2) is 36.4 Å². The molecular formula is C16H23N3O2. The van der Waals surface area contributed by atoms with Gasteiger partial charge in [0.25, 0.3) is 0 Å². The summed E-state index contributed by atoms with van der Waals surface area (Å²) in [6.07, 6.45) is 1.89. The fourth-order valence-corrected chi connectivity index (χ4v) is 2.39. The normalized spacial score (nSPS) is 11.1. The number of aromatic amines is 1. The smallest absolute Gasteiger partial charge is 0.124 e. The molecular weight excluding hydrogens is 266 g/mol. The maximum Gasteiger partial charge on any atom is 0.124 e. The van der Waals surface area contributed by atoms with Gasteiger partial charge in [-0.3, -0.25) is 10.00 Å². The highest BCUT2D eigenvalue weighted by Crippen LogP contribution is 2.21. The number of rotatable bonds is 7. The molecule has 0 aliphatic heterocycles. The summed E-state index contributed by atoms with van der Waals surface area (Å²) >= 11 is 0. The Morgan fingerprint density at radius 3 is 2.62 bits per heavy atom. The summed E-state index contributed by atoms with van der Waals surface area (Å²) in [6.45, 7) is 4.33. The molecule has 0 aliphatic carbocycles. The maximum atomic E-state index is 5.35. The first-order valence-corrected chi connectivity index (χ1v) is 6.96. The number of methoxy groups -OCH3 is 2. The SMILES string of the molecule is COCc1cc(CN(C)Cc2cn[nH]c2C)ccc1OC. The second-order valence-corrected chi connectivity index (χ2v) is 5.27. The van der Waals surface area contributed by atoms with Gasteiger partial charge in [-0.2, -0.15) is 5.10 Å². The van der Waals surface area contributed by atoms with Crippen LogP contribution in [0.4, 0.5) is 0 Å². The molecule has 1 aromatic heterocycles. The number of benzene rings is 1. The molecule has 1 N–H and O–H groups in total.